The van der Waals surface area contributed by atoms with Gasteiger partial charge in [-0.1, -0.05) is 11.3 Å². The van der Waals surface area contributed by atoms with Gasteiger partial charge in [0.05, 0.1) is 5.69 Å². The van der Waals surface area contributed by atoms with Gasteiger partial charge in [-0.3, -0.25) is 4.79 Å². The predicted molar refractivity (Wildman–Crippen MR) is 120 cm³/mol. The van der Waals surface area contributed by atoms with Crippen LogP contribution in [0.3, 0.4) is 0 Å². The molecule has 5 rings (SSSR count). The Morgan fingerprint density at radius 1 is 1.03 bits per heavy atom. The van der Waals surface area contributed by atoms with Gasteiger partial charge in [-0.25, -0.2) is 9.97 Å². The minimum absolute atomic E-state index is 0.160. The van der Waals surface area contributed by atoms with E-state index in [0.29, 0.717) is 5.91 Å². The number of hydrogen-bond acceptors (Lipinski definition) is 7. The molecule has 0 saturated carbocycles. The number of thiophene rings is 1. The van der Waals surface area contributed by atoms with Crippen molar-refractivity contribution in [1.82, 2.24) is 19.8 Å². The Labute approximate surface area is 178 Å². The number of carbonyl (C=O) groups is 1. The maximum atomic E-state index is 12.9. The van der Waals surface area contributed by atoms with Crippen LogP contribution in [-0.4, -0.2) is 72.0 Å². The van der Waals surface area contributed by atoms with E-state index in [1.165, 1.54) is 0 Å². The van der Waals surface area contributed by atoms with E-state index in [1.54, 1.807) is 22.7 Å². The Balaban J connectivity index is 1.25. The minimum atomic E-state index is 0.160. The molecule has 0 spiro atoms. The van der Waals surface area contributed by atoms with E-state index in [9.17, 15) is 4.79 Å². The van der Waals surface area contributed by atoms with Gasteiger partial charge in [-0.15, -0.1) is 0 Å². The van der Waals surface area contributed by atoms with E-state index < -0.39 is 0 Å². The lowest BCUT2D eigenvalue weighted by molar-refractivity contribution is -0.137. The van der Waals surface area contributed by atoms with Gasteiger partial charge >= 0.3 is 0 Å². The summed E-state index contributed by atoms with van der Waals surface area (Å²) in [6.45, 7) is 5.48. The highest BCUT2D eigenvalue weighted by atomic mass is 32.1. The average molecular weight is 428 g/mol. The number of hydrogen-bond donors (Lipinski definition) is 0. The summed E-state index contributed by atoms with van der Waals surface area (Å²) in [5, 5.41) is 5.23. The number of rotatable bonds is 3. The van der Waals surface area contributed by atoms with Crippen molar-refractivity contribution in [2.45, 2.75) is 12.8 Å². The highest BCUT2D eigenvalue weighted by Gasteiger charge is 2.30. The molecule has 3 aromatic rings. The summed E-state index contributed by atoms with van der Waals surface area (Å²) in [4.78, 5) is 30.1. The number of anilines is 1. The second kappa shape index (κ2) is 8.01. The van der Waals surface area contributed by atoms with Crippen molar-refractivity contribution < 1.29 is 4.79 Å². The first-order valence-corrected chi connectivity index (χ1v) is 12.0. The highest BCUT2D eigenvalue weighted by Crippen LogP contribution is 2.33. The lowest BCUT2D eigenvalue weighted by Crippen LogP contribution is -2.50. The Hall–Kier alpha value is -2.03. The second-order valence-electron chi connectivity index (χ2n) is 7.92. The largest absolute Gasteiger partial charge is 0.348 e. The standard InChI is InChI=1S/C21H25N5OS2/c1-24-9-11-25(12-10-24)20(27)15-4-7-26(8-5-15)21-23-18-3-2-17(22-19(18)29-21)16-6-13-28-14-16/h2-3,6,13-15H,4-5,7-12H2,1H3. The van der Waals surface area contributed by atoms with Crippen LogP contribution in [0.1, 0.15) is 12.8 Å². The van der Waals surface area contributed by atoms with Crippen LogP contribution in [0.15, 0.2) is 29.0 Å². The van der Waals surface area contributed by atoms with Gasteiger partial charge in [0.2, 0.25) is 5.91 Å². The second-order valence-corrected chi connectivity index (χ2v) is 9.66. The van der Waals surface area contributed by atoms with Crippen LogP contribution in [0.5, 0.6) is 0 Å². The lowest BCUT2D eigenvalue weighted by Gasteiger charge is -2.37. The smallest absolute Gasteiger partial charge is 0.225 e. The number of pyridine rings is 1. The maximum absolute atomic E-state index is 12.9. The Bertz CT molecular complexity index is 986. The van der Waals surface area contributed by atoms with E-state index in [0.717, 1.165) is 78.8 Å². The van der Waals surface area contributed by atoms with Gasteiger partial charge in [0.15, 0.2) is 5.13 Å². The monoisotopic (exact) mass is 427 g/mol. The molecule has 5 heterocycles. The summed E-state index contributed by atoms with van der Waals surface area (Å²) in [5.74, 6) is 0.511. The first-order valence-electron chi connectivity index (χ1n) is 10.2. The van der Waals surface area contributed by atoms with E-state index >= 15 is 0 Å². The highest BCUT2D eigenvalue weighted by molar-refractivity contribution is 7.21. The molecule has 3 aromatic heterocycles. The lowest BCUT2D eigenvalue weighted by atomic mass is 9.95. The number of piperidine rings is 1. The summed E-state index contributed by atoms with van der Waals surface area (Å²) in [6.07, 6.45) is 1.82. The maximum Gasteiger partial charge on any atom is 0.225 e. The fraction of sp³-hybridized carbons (Fsp3) is 0.476. The molecular formula is C21H25N5OS2. The zero-order valence-electron chi connectivity index (χ0n) is 16.6. The molecule has 6 nitrogen and oxygen atoms in total. The third-order valence-electron chi connectivity index (χ3n) is 5.99. The fourth-order valence-corrected chi connectivity index (χ4v) is 5.76. The first-order chi connectivity index (χ1) is 14.2. The molecule has 0 N–H and O–H groups in total. The molecule has 29 heavy (non-hydrogen) atoms. The molecule has 0 bridgehead atoms. The molecule has 0 unspecified atom stereocenters. The summed E-state index contributed by atoms with van der Waals surface area (Å²) >= 11 is 3.35. The Morgan fingerprint density at radius 2 is 1.83 bits per heavy atom. The molecular weight excluding hydrogens is 402 g/mol. The molecule has 0 aliphatic carbocycles. The summed E-state index contributed by atoms with van der Waals surface area (Å²) in [6, 6.07) is 6.22. The van der Waals surface area contributed by atoms with Crippen LogP contribution in [0.25, 0.3) is 21.6 Å². The number of piperazine rings is 1. The van der Waals surface area contributed by atoms with Crippen LogP contribution in [0.4, 0.5) is 5.13 Å². The van der Waals surface area contributed by atoms with Crippen molar-refractivity contribution in [2.24, 2.45) is 5.92 Å². The topological polar surface area (TPSA) is 52.6 Å². The van der Waals surface area contributed by atoms with Crippen molar-refractivity contribution in [3.05, 3.63) is 29.0 Å². The van der Waals surface area contributed by atoms with Crippen molar-refractivity contribution in [1.29, 1.82) is 0 Å². The average Bonchev–Trinajstić information content (AvgIpc) is 3.43. The number of amides is 1. The first kappa shape index (κ1) is 19.0. The normalized spacial score (nSPS) is 19.2. The number of thiazole rings is 1. The molecule has 2 aliphatic rings. The fourth-order valence-electron chi connectivity index (χ4n) is 4.11. The number of carbonyl (C=O) groups excluding carboxylic acids is 1. The zero-order chi connectivity index (χ0) is 19.8. The summed E-state index contributed by atoms with van der Waals surface area (Å²) in [5.41, 5.74) is 3.13. The number of fused-ring (bicyclic) bond motifs is 1. The van der Waals surface area contributed by atoms with E-state index in [1.807, 2.05) is 0 Å². The van der Waals surface area contributed by atoms with Crippen LogP contribution in [0, 0.1) is 5.92 Å². The van der Waals surface area contributed by atoms with E-state index in [-0.39, 0.29) is 5.92 Å². The third-order valence-corrected chi connectivity index (χ3v) is 7.70. The van der Waals surface area contributed by atoms with Gasteiger partial charge in [-0.2, -0.15) is 11.3 Å². The van der Waals surface area contributed by atoms with Crippen molar-refractivity contribution in [3.63, 3.8) is 0 Å². The van der Waals surface area contributed by atoms with Crippen LogP contribution in [-0.2, 0) is 4.79 Å². The Kier molecular flexibility index (Phi) is 5.24. The molecule has 1 amide bonds. The quantitative estimate of drug-likeness (QED) is 0.641. The number of nitrogens with zero attached hydrogens (tertiary/aromatic N) is 5. The molecule has 2 fully saturated rings. The molecule has 0 aromatic carbocycles. The van der Waals surface area contributed by atoms with Crippen molar-refractivity contribution in [2.75, 3.05) is 51.2 Å². The molecule has 0 radical (unpaired) electrons. The van der Waals surface area contributed by atoms with Gasteiger partial charge in [0.25, 0.3) is 0 Å². The zero-order valence-corrected chi connectivity index (χ0v) is 18.2. The molecule has 2 aliphatic heterocycles. The Morgan fingerprint density at radius 3 is 2.55 bits per heavy atom. The van der Waals surface area contributed by atoms with Gasteiger partial charge < -0.3 is 14.7 Å². The van der Waals surface area contributed by atoms with Crippen LogP contribution >= 0.6 is 22.7 Å². The predicted octanol–water partition coefficient (Wildman–Crippen LogP) is 3.41. The molecule has 0 atom stereocenters. The van der Waals surface area contributed by atoms with E-state index in [2.05, 4.69) is 50.7 Å². The number of aromatic nitrogens is 2. The van der Waals surface area contributed by atoms with Crippen molar-refractivity contribution >= 4 is 44.1 Å². The van der Waals surface area contributed by atoms with Gasteiger partial charge in [-0.05, 0) is 43.5 Å². The summed E-state index contributed by atoms with van der Waals surface area (Å²) in [7, 11) is 2.12. The molecule has 8 heteroatoms. The van der Waals surface area contributed by atoms with Crippen molar-refractivity contribution in [3.8, 4) is 11.3 Å². The molecule has 2 saturated heterocycles. The SMILES string of the molecule is CN1CCN(C(=O)C2CCN(c3nc4ccc(-c5ccsc5)nc4s3)CC2)CC1. The van der Waals surface area contributed by atoms with Crippen LogP contribution < -0.4 is 4.90 Å². The van der Waals surface area contributed by atoms with E-state index in [4.69, 9.17) is 9.97 Å². The number of likely N-dealkylation sites (N-methyl/N-ethyl adjacent to an activating group) is 1. The summed E-state index contributed by atoms with van der Waals surface area (Å²) < 4.78 is 0. The molecule has 152 valence electrons. The third kappa shape index (κ3) is 3.89. The van der Waals surface area contributed by atoms with Gasteiger partial charge in [0.1, 0.15) is 10.3 Å². The van der Waals surface area contributed by atoms with Gasteiger partial charge in [0, 0.05) is 56.1 Å². The van der Waals surface area contributed by atoms with Crippen LogP contribution in [0.2, 0.25) is 0 Å². The minimum Gasteiger partial charge on any atom is -0.348 e.